The second-order valence-corrected chi connectivity index (χ2v) is 4.95. The van der Waals surface area contributed by atoms with Gasteiger partial charge in [0, 0.05) is 13.8 Å². The third-order valence-electron chi connectivity index (χ3n) is 0.681. The van der Waals surface area contributed by atoms with Gasteiger partial charge in [0.1, 0.15) is 0 Å². The van der Waals surface area contributed by atoms with Crippen LogP contribution in [0.25, 0.3) is 0 Å². The molecule has 0 aliphatic rings. The van der Waals surface area contributed by atoms with Crippen LogP contribution in [-0.2, 0) is 32.1 Å². The van der Waals surface area contributed by atoms with Crippen LogP contribution in [-0.4, -0.2) is 11.9 Å². The summed E-state index contributed by atoms with van der Waals surface area (Å²) in [5.41, 5.74) is 0. The Bertz CT molecular complexity index is 338. The molecule has 0 fully saturated rings. The number of phosphoric ester groups is 2. The Kier molecular flexibility index (Phi) is 22.1. The molecule has 0 saturated carbocycles. The number of hydrogen-bond acceptors (Lipinski definition) is 9. The van der Waals surface area contributed by atoms with Crippen molar-refractivity contribution in [1.29, 1.82) is 0 Å². The van der Waals surface area contributed by atoms with E-state index in [0.29, 0.717) is 0 Å². The van der Waals surface area contributed by atoms with Crippen molar-refractivity contribution in [2.45, 2.75) is 28.7 Å². The van der Waals surface area contributed by atoms with Crippen LogP contribution in [0.2, 0.25) is 0 Å². The van der Waals surface area contributed by atoms with Crippen LogP contribution in [0.4, 0.5) is 0 Å². The van der Waals surface area contributed by atoms with Gasteiger partial charge in [-0.05, 0) is 0 Å². The fraction of sp³-hybridized carbons (Fsp3) is 0.667. The monoisotopic (exact) mass is 338 g/mol. The van der Waals surface area contributed by atoms with Crippen molar-refractivity contribution >= 4 is 27.6 Å². The smallest absolute Gasteiger partial charge is 0.746 e. The van der Waals surface area contributed by atoms with E-state index in [9.17, 15) is 28.5 Å². The minimum absolute atomic E-state index is 0. The van der Waals surface area contributed by atoms with Crippen LogP contribution >= 0.6 is 15.6 Å². The Balaban J connectivity index is -0.000000163. The molecule has 0 aromatic heterocycles. The quantitative estimate of drug-likeness (QED) is 0.362. The first-order valence-electron chi connectivity index (χ1n) is 3.28. The first-order valence-corrected chi connectivity index (χ1v) is 6.20. The van der Waals surface area contributed by atoms with Crippen LogP contribution in [0.15, 0.2) is 0 Å². The van der Waals surface area contributed by atoms with E-state index in [1.54, 1.807) is 0 Å². The zero-order chi connectivity index (χ0) is 12.3. The average molecular weight is 338 g/mol. The third kappa shape index (κ3) is 19.3. The molecule has 0 rings (SSSR count). The molecule has 2 atom stereocenters. The minimum Gasteiger partial charge on any atom is -0.746 e. The van der Waals surface area contributed by atoms with Crippen LogP contribution in [0.5, 0.6) is 0 Å². The number of phosphoric acid groups is 2. The van der Waals surface area contributed by atoms with E-state index in [1.807, 2.05) is 0 Å². The summed E-state index contributed by atoms with van der Waals surface area (Å²) >= 11 is 0. The molecule has 0 aromatic rings. The predicted molar refractivity (Wildman–Crippen MR) is 53.3 cm³/mol. The maximum atomic E-state index is 10.6. The molecule has 0 spiro atoms. The fourth-order valence-electron chi connectivity index (χ4n) is 0.471. The van der Waals surface area contributed by atoms with E-state index in [4.69, 9.17) is 0 Å². The summed E-state index contributed by atoms with van der Waals surface area (Å²) < 4.78 is 31.7. The van der Waals surface area contributed by atoms with Crippen molar-refractivity contribution in [3.05, 3.63) is 0 Å². The molecule has 9 nitrogen and oxygen atoms in total. The van der Waals surface area contributed by atoms with Crippen molar-refractivity contribution in [2.24, 2.45) is 0 Å². The van der Waals surface area contributed by atoms with Crippen LogP contribution < -0.4 is 68.9 Å². The van der Waals surface area contributed by atoms with Crippen LogP contribution in [0.1, 0.15) is 28.7 Å². The second-order valence-electron chi connectivity index (χ2n) is 2.14. The van der Waals surface area contributed by atoms with Gasteiger partial charge in [0.15, 0.2) is 0 Å². The van der Waals surface area contributed by atoms with Crippen molar-refractivity contribution < 1.29 is 101 Å². The molecule has 0 bridgehead atoms. The molecule has 0 aromatic carbocycles. The molecule has 0 heterocycles. The van der Waals surface area contributed by atoms with Gasteiger partial charge in [-0.25, -0.2) is 4.31 Å². The molecule has 0 radical (unpaired) electrons. The summed E-state index contributed by atoms with van der Waals surface area (Å²) in [5, 5.41) is 0. The molecule has 0 N–H and O–H groups in total. The van der Waals surface area contributed by atoms with E-state index in [-0.39, 0.29) is 74.0 Å². The molecule has 13 heteroatoms. The van der Waals surface area contributed by atoms with E-state index in [2.05, 4.69) is 13.4 Å². The maximum Gasteiger partial charge on any atom is 1.00 e. The van der Waals surface area contributed by atoms with Crippen molar-refractivity contribution in [3.8, 4) is 0 Å². The summed E-state index contributed by atoms with van der Waals surface area (Å²) in [6.45, 7) is 1.44. The number of hydrogen-bond donors (Lipinski definition) is 0. The molecule has 0 amide bonds. The zero-order valence-corrected chi connectivity index (χ0v) is 15.4. The molecule has 2 unspecified atom stereocenters. The Morgan fingerprint density at radius 3 is 1.21 bits per heavy atom. The van der Waals surface area contributed by atoms with Gasteiger partial charge in [0.05, 0.1) is 0 Å². The second kappa shape index (κ2) is 13.0. The van der Waals surface area contributed by atoms with Crippen LogP contribution in [0.3, 0.4) is 0 Å². The minimum atomic E-state index is -5.38. The fourth-order valence-corrected chi connectivity index (χ4v) is 2.35. The Hall–Kier alpha value is 1.28. The standard InChI is InChI=1S/C4H8O9P2.2CH4.2Na/c1-3(5)11-14(7,8)13-15(9,10)12-4(2)6;;;;/h1-2H3,(H,7,8)(H,9,10);2*1H4;;/q;;;2*+1/p-2. The average Bonchev–Trinajstić information content (AvgIpc) is 1.73. The van der Waals surface area contributed by atoms with Gasteiger partial charge < -0.3 is 18.8 Å². The Labute approximate surface area is 156 Å². The van der Waals surface area contributed by atoms with Gasteiger partial charge in [-0.2, -0.15) is 0 Å². The van der Waals surface area contributed by atoms with E-state index >= 15 is 0 Å². The van der Waals surface area contributed by atoms with Gasteiger partial charge in [-0.1, -0.05) is 14.9 Å². The Morgan fingerprint density at radius 2 is 1.05 bits per heavy atom. The summed E-state index contributed by atoms with van der Waals surface area (Å²) in [6, 6.07) is 0. The number of carbonyl (C=O) groups excluding carboxylic acids is 2. The predicted octanol–water partition coefficient (Wildman–Crippen LogP) is -5.65. The molecule has 104 valence electrons. The first-order chi connectivity index (χ1) is 6.54. The van der Waals surface area contributed by atoms with Gasteiger partial charge in [-0.3, -0.25) is 18.7 Å². The molecule has 0 saturated heterocycles. The number of rotatable bonds is 4. The van der Waals surface area contributed by atoms with Gasteiger partial charge in [-0.15, -0.1) is 0 Å². The summed E-state index contributed by atoms with van der Waals surface area (Å²) in [6.07, 6.45) is 0. The number of carbonyl (C=O) groups is 2. The molecular weight excluding hydrogens is 324 g/mol. The summed E-state index contributed by atoms with van der Waals surface area (Å²) in [4.78, 5) is 41.7. The van der Waals surface area contributed by atoms with E-state index < -0.39 is 27.6 Å². The van der Waals surface area contributed by atoms with E-state index in [0.717, 1.165) is 13.8 Å². The van der Waals surface area contributed by atoms with Crippen LogP contribution in [0, 0.1) is 0 Å². The van der Waals surface area contributed by atoms with Crippen molar-refractivity contribution in [2.75, 3.05) is 0 Å². The Morgan fingerprint density at radius 1 is 0.842 bits per heavy atom. The van der Waals surface area contributed by atoms with Crippen molar-refractivity contribution in [3.63, 3.8) is 0 Å². The SMILES string of the molecule is C.C.CC(=O)OP(=O)([O-])OP(=O)([O-])OC(C)=O.[Na+].[Na+]. The normalized spacial score (nSPS) is 14.5. The van der Waals surface area contributed by atoms with Crippen molar-refractivity contribution in [1.82, 2.24) is 0 Å². The topological polar surface area (TPSA) is 142 Å². The third-order valence-corrected chi connectivity index (χ3v) is 3.24. The summed E-state index contributed by atoms with van der Waals surface area (Å²) in [7, 11) is -10.8. The zero-order valence-electron chi connectivity index (χ0n) is 9.57. The largest absolute Gasteiger partial charge is 1.00 e. The molecule has 19 heavy (non-hydrogen) atoms. The molecular formula is C6H14Na2O9P2. The van der Waals surface area contributed by atoms with Gasteiger partial charge >= 0.3 is 86.7 Å². The van der Waals surface area contributed by atoms with Gasteiger partial charge in [0.25, 0.3) is 0 Å². The van der Waals surface area contributed by atoms with Gasteiger partial charge in [0.2, 0.25) is 0 Å². The maximum absolute atomic E-state index is 10.6. The first kappa shape index (κ1) is 32.3. The molecule has 0 aliphatic carbocycles. The molecule has 0 aliphatic heterocycles. The van der Waals surface area contributed by atoms with E-state index in [1.165, 1.54) is 0 Å². The summed E-state index contributed by atoms with van der Waals surface area (Å²) in [5.74, 6) is -2.59.